The van der Waals surface area contributed by atoms with Crippen LogP contribution in [0.25, 0.3) is 11.0 Å². The van der Waals surface area contributed by atoms with E-state index in [4.69, 9.17) is 10.5 Å². The van der Waals surface area contributed by atoms with Crippen molar-refractivity contribution in [2.45, 2.75) is 32.6 Å². The van der Waals surface area contributed by atoms with Crippen LogP contribution >= 0.6 is 0 Å². The molecule has 0 aliphatic heterocycles. The number of ether oxygens (including phenoxy) is 1. The Labute approximate surface area is 107 Å². The highest BCUT2D eigenvalue weighted by Gasteiger charge is 2.06. The van der Waals surface area contributed by atoms with Gasteiger partial charge in [-0.3, -0.25) is 0 Å². The number of fused-ring (bicyclic) bond motifs is 1. The average Bonchev–Trinajstić information content (AvgIpc) is 2.39. The van der Waals surface area contributed by atoms with Crippen LogP contribution in [0.3, 0.4) is 0 Å². The van der Waals surface area contributed by atoms with Crippen molar-refractivity contribution < 1.29 is 4.74 Å². The van der Waals surface area contributed by atoms with E-state index in [1.807, 2.05) is 24.3 Å². The van der Waals surface area contributed by atoms with E-state index in [1.54, 1.807) is 0 Å². The number of aromatic nitrogens is 2. The summed E-state index contributed by atoms with van der Waals surface area (Å²) >= 11 is 0. The molecule has 0 fully saturated rings. The molecule has 0 aliphatic rings. The number of hydrogen-bond acceptors (Lipinski definition) is 4. The minimum absolute atomic E-state index is 0.365. The van der Waals surface area contributed by atoms with E-state index in [-0.39, 0.29) is 0 Å². The first-order chi connectivity index (χ1) is 8.81. The van der Waals surface area contributed by atoms with Gasteiger partial charge in [0.15, 0.2) is 5.82 Å². The third kappa shape index (κ3) is 3.09. The molecule has 0 saturated carbocycles. The molecule has 0 aliphatic carbocycles. The standard InChI is InChI=1S/C14H19N3O/c1-2-3-4-7-10-18-14-13(15)16-11-8-5-6-9-12(11)17-14/h5-6,8-9H,2-4,7,10H2,1H3,(H2,15,16). The quantitative estimate of drug-likeness (QED) is 0.794. The molecule has 0 radical (unpaired) electrons. The van der Waals surface area contributed by atoms with Gasteiger partial charge in [0.25, 0.3) is 5.88 Å². The van der Waals surface area contributed by atoms with Gasteiger partial charge in [0, 0.05) is 0 Å². The number of benzene rings is 1. The van der Waals surface area contributed by atoms with E-state index in [0.29, 0.717) is 18.3 Å². The van der Waals surface area contributed by atoms with Crippen molar-refractivity contribution in [1.29, 1.82) is 0 Å². The molecular formula is C14H19N3O. The van der Waals surface area contributed by atoms with Gasteiger partial charge in [0.1, 0.15) is 0 Å². The monoisotopic (exact) mass is 245 g/mol. The maximum Gasteiger partial charge on any atom is 0.257 e. The number of para-hydroxylation sites is 2. The van der Waals surface area contributed by atoms with Gasteiger partial charge in [-0.1, -0.05) is 38.3 Å². The van der Waals surface area contributed by atoms with Gasteiger partial charge in [-0.2, -0.15) is 0 Å². The number of nitrogens with two attached hydrogens (primary N) is 1. The molecule has 2 aromatic rings. The molecule has 18 heavy (non-hydrogen) atoms. The first-order valence-corrected chi connectivity index (χ1v) is 6.46. The molecule has 4 nitrogen and oxygen atoms in total. The van der Waals surface area contributed by atoms with Gasteiger partial charge in [0.05, 0.1) is 17.6 Å². The molecule has 0 atom stereocenters. The largest absolute Gasteiger partial charge is 0.475 e. The topological polar surface area (TPSA) is 61.0 Å². The number of anilines is 1. The Morgan fingerprint density at radius 2 is 1.78 bits per heavy atom. The molecule has 2 rings (SSSR count). The molecule has 1 aromatic carbocycles. The van der Waals surface area contributed by atoms with Crippen molar-refractivity contribution in [1.82, 2.24) is 9.97 Å². The van der Waals surface area contributed by atoms with Crippen LogP contribution in [0.5, 0.6) is 5.88 Å². The third-order valence-electron chi connectivity index (χ3n) is 2.80. The molecule has 0 saturated heterocycles. The van der Waals surface area contributed by atoms with Crippen LogP contribution < -0.4 is 10.5 Å². The fourth-order valence-electron chi connectivity index (χ4n) is 1.80. The van der Waals surface area contributed by atoms with Crippen molar-refractivity contribution in [3.05, 3.63) is 24.3 Å². The Kier molecular flexibility index (Phi) is 4.34. The number of hydrogen-bond donors (Lipinski definition) is 1. The number of unbranched alkanes of at least 4 members (excludes halogenated alkanes) is 3. The Balaban J connectivity index is 2.01. The van der Waals surface area contributed by atoms with Crippen molar-refractivity contribution in [2.24, 2.45) is 0 Å². The number of rotatable bonds is 6. The van der Waals surface area contributed by atoms with Crippen molar-refractivity contribution >= 4 is 16.9 Å². The highest BCUT2D eigenvalue weighted by atomic mass is 16.5. The van der Waals surface area contributed by atoms with Crippen molar-refractivity contribution in [2.75, 3.05) is 12.3 Å². The first-order valence-electron chi connectivity index (χ1n) is 6.46. The maximum atomic E-state index is 5.83. The summed E-state index contributed by atoms with van der Waals surface area (Å²) in [4.78, 5) is 8.66. The summed E-state index contributed by atoms with van der Waals surface area (Å²) in [5.74, 6) is 0.814. The second-order valence-corrected chi connectivity index (χ2v) is 4.31. The van der Waals surface area contributed by atoms with Gasteiger partial charge in [-0.15, -0.1) is 0 Å². The fourth-order valence-corrected chi connectivity index (χ4v) is 1.80. The second kappa shape index (κ2) is 6.19. The van der Waals surface area contributed by atoms with Gasteiger partial charge in [-0.05, 0) is 18.6 Å². The molecule has 1 heterocycles. The van der Waals surface area contributed by atoms with E-state index in [9.17, 15) is 0 Å². The summed E-state index contributed by atoms with van der Waals surface area (Å²) in [6, 6.07) is 7.65. The summed E-state index contributed by atoms with van der Waals surface area (Å²) in [7, 11) is 0. The Morgan fingerprint density at radius 3 is 2.50 bits per heavy atom. The zero-order valence-corrected chi connectivity index (χ0v) is 10.7. The third-order valence-corrected chi connectivity index (χ3v) is 2.80. The average molecular weight is 245 g/mol. The van der Waals surface area contributed by atoms with Gasteiger partial charge in [0.2, 0.25) is 0 Å². The van der Waals surface area contributed by atoms with Gasteiger partial charge in [-0.25, -0.2) is 9.97 Å². The predicted octanol–water partition coefficient (Wildman–Crippen LogP) is 3.17. The van der Waals surface area contributed by atoms with Gasteiger partial charge < -0.3 is 10.5 Å². The molecule has 2 N–H and O–H groups in total. The van der Waals surface area contributed by atoms with Crippen LogP contribution in [0.15, 0.2) is 24.3 Å². The molecule has 1 aromatic heterocycles. The normalized spacial score (nSPS) is 10.7. The van der Waals surface area contributed by atoms with Crippen LogP contribution in [0.2, 0.25) is 0 Å². The molecule has 0 amide bonds. The van der Waals surface area contributed by atoms with E-state index in [2.05, 4.69) is 16.9 Å². The molecule has 0 spiro atoms. The molecular weight excluding hydrogens is 226 g/mol. The van der Waals surface area contributed by atoms with Gasteiger partial charge >= 0.3 is 0 Å². The lowest BCUT2D eigenvalue weighted by Crippen LogP contribution is -2.04. The molecule has 96 valence electrons. The van der Waals surface area contributed by atoms with Crippen LogP contribution in [0.1, 0.15) is 32.6 Å². The smallest absolute Gasteiger partial charge is 0.257 e. The maximum absolute atomic E-state index is 5.83. The molecule has 0 unspecified atom stereocenters. The summed E-state index contributed by atoms with van der Waals surface area (Å²) in [6.07, 6.45) is 4.67. The SMILES string of the molecule is CCCCCCOc1nc2ccccc2nc1N. The lowest BCUT2D eigenvalue weighted by molar-refractivity contribution is 0.295. The predicted molar refractivity (Wildman–Crippen MR) is 73.6 cm³/mol. The summed E-state index contributed by atoms with van der Waals surface area (Å²) in [5, 5.41) is 0. The fraction of sp³-hybridized carbons (Fsp3) is 0.429. The minimum atomic E-state index is 0.365. The first kappa shape index (κ1) is 12.6. The molecule has 0 bridgehead atoms. The highest BCUT2D eigenvalue weighted by molar-refractivity contribution is 5.76. The van der Waals surface area contributed by atoms with Crippen molar-refractivity contribution in [3.8, 4) is 5.88 Å². The van der Waals surface area contributed by atoms with Crippen molar-refractivity contribution in [3.63, 3.8) is 0 Å². The van der Waals surface area contributed by atoms with Crippen LogP contribution in [0, 0.1) is 0 Å². The lowest BCUT2D eigenvalue weighted by atomic mass is 10.2. The highest BCUT2D eigenvalue weighted by Crippen LogP contribution is 2.20. The number of nitrogen functional groups attached to an aromatic ring is 1. The lowest BCUT2D eigenvalue weighted by Gasteiger charge is -2.08. The van der Waals surface area contributed by atoms with Crippen LogP contribution in [-0.2, 0) is 0 Å². The zero-order chi connectivity index (χ0) is 12.8. The number of nitrogens with zero attached hydrogens (tertiary/aromatic N) is 2. The van der Waals surface area contributed by atoms with E-state index in [1.165, 1.54) is 19.3 Å². The summed E-state index contributed by atoms with van der Waals surface area (Å²) < 4.78 is 5.59. The molecule has 4 heteroatoms. The minimum Gasteiger partial charge on any atom is -0.475 e. The Morgan fingerprint density at radius 1 is 1.06 bits per heavy atom. The summed E-state index contributed by atoms with van der Waals surface area (Å²) in [6.45, 7) is 2.84. The van der Waals surface area contributed by atoms with E-state index in [0.717, 1.165) is 17.5 Å². The summed E-state index contributed by atoms with van der Waals surface area (Å²) in [5.41, 5.74) is 7.44. The van der Waals surface area contributed by atoms with Crippen LogP contribution in [-0.4, -0.2) is 16.6 Å². The zero-order valence-electron chi connectivity index (χ0n) is 10.7. The second-order valence-electron chi connectivity index (χ2n) is 4.31. The van der Waals surface area contributed by atoms with Crippen LogP contribution in [0.4, 0.5) is 5.82 Å². The Bertz CT molecular complexity index is 513. The van der Waals surface area contributed by atoms with E-state index < -0.39 is 0 Å². The van der Waals surface area contributed by atoms with E-state index >= 15 is 0 Å². The Hall–Kier alpha value is -1.84.